The van der Waals surface area contributed by atoms with Crippen LogP contribution in [0.2, 0.25) is 0 Å². The van der Waals surface area contributed by atoms with Crippen molar-refractivity contribution in [3.63, 3.8) is 0 Å². The molecule has 0 bridgehead atoms. The van der Waals surface area contributed by atoms with Crippen LogP contribution in [-0.2, 0) is 6.54 Å². The molecule has 0 radical (unpaired) electrons. The van der Waals surface area contributed by atoms with Gasteiger partial charge in [-0.15, -0.1) is 0 Å². The molecule has 0 saturated carbocycles. The molecule has 0 aromatic heterocycles. The fourth-order valence-electron chi connectivity index (χ4n) is 3.09. The van der Waals surface area contributed by atoms with Gasteiger partial charge in [-0.05, 0) is 73.0 Å². The van der Waals surface area contributed by atoms with E-state index in [0.717, 1.165) is 19.6 Å². The second-order valence-electron chi connectivity index (χ2n) is 6.08. The first-order valence-electron chi connectivity index (χ1n) is 7.82. The molecule has 0 spiro atoms. The number of nitrogens with zero attached hydrogens (tertiary/aromatic N) is 1. The monoisotopic (exact) mass is 386 g/mol. The first-order valence-corrected chi connectivity index (χ1v) is 8.90. The Bertz CT molecular complexity index is 412. The zero-order valence-corrected chi connectivity index (χ0v) is 15.1. The second-order valence-corrected chi connectivity index (χ2v) is 7.33. The third-order valence-electron chi connectivity index (χ3n) is 4.84. The number of rotatable bonds is 4. The standard InChI is InChI=1S/C17H27IN2/c1-4-17(5-2)13-20(14(3)10-11-19-17)12-15-6-8-16(18)9-7-15/h6-9,14,19H,4-5,10-13H2,1-3H3. The van der Waals surface area contributed by atoms with E-state index in [1.165, 1.54) is 28.4 Å². The molecule has 1 fully saturated rings. The van der Waals surface area contributed by atoms with Crippen molar-refractivity contribution in [1.29, 1.82) is 0 Å². The van der Waals surface area contributed by atoms with Crippen molar-refractivity contribution in [2.75, 3.05) is 13.1 Å². The molecule has 1 aromatic rings. The van der Waals surface area contributed by atoms with E-state index < -0.39 is 0 Å². The van der Waals surface area contributed by atoms with Crippen LogP contribution in [0.4, 0.5) is 0 Å². The van der Waals surface area contributed by atoms with Gasteiger partial charge in [0.2, 0.25) is 0 Å². The summed E-state index contributed by atoms with van der Waals surface area (Å²) in [5.41, 5.74) is 1.73. The fourth-order valence-corrected chi connectivity index (χ4v) is 3.45. The first kappa shape index (κ1) is 16.2. The van der Waals surface area contributed by atoms with Gasteiger partial charge in [-0.3, -0.25) is 4.90 Å². The molecule has 0 aliphatic carbocycles. The molecular weight excluding hydrogens is 359 g/mol. The van der Waals surface area contributed by atoms with Crippen molar-refractivity contribution in [3.8, 4) is 0 Å². The molecule has 2 rings (SSSR count). The minimum Gasteiger partial charge on any atom is -0.310 e. The normalized spacial score (nSPS) is 23.5. The molecule has 20 heavy (non-hydrogen) atoms. The lowest BCUT2D eigenvalue weighted by Crippen LogP contribution is -2.51. The van der Waals surface area contributed by atoms with Crippen LogP contribution in [0.25, 0.3) is 0 Å². The highest BCUT2D eigenvalue weighted by Gasteiger charge is 2.32. The molecule has 0 amide bonds. The Balaban J connectivity index is 2.12. The van der Waals surface area contributed by atoms with Crippen LogP contribution in [-0.4, -0.2) is 29.6 Å². The molecule has 1 saturated heterocycles. The molecule has 1 aliphatic rings. The van der Waals surface area contributed by atoms with Crippen molar-refractivity contribution in [2.45, 2.75) is 58.2 Å². The van der Waals surface area contributed by atoms with Crippen LogP contribution in [0.5, 0.6) is 0 Å². The van der Waals surface area contributed by atoms with Crippen molar-refractivity contribution < 1.29 is 0 Å². The molecule has 1 heterocycles. The van der Waals surface area contributed by atoms with Crippen LogP contribution < -0.4 is 5.32 Å². The van der Waals surface area contributed by atoms with Gasteiger partial charge in [0.1, 0.15) is 0 Å². The van der Waals surface area contributed by atoms with Crippen LogP contribution >= 0.6 is 22.6 Å². The number of hydrogen-bond acceptors (Lipinski definition) is 2. The Labute approximate surface area is 137 Å². The third kappa shape index (κ3) is 3.95. The summed E-state index contributed by atoms with van der Waals surface area (Å²) < 4.78 is 1.31. The van der Waals surface area contributed by atoms with Gasteiger partial charge in [-0.1, -0.05) is 26.0 Å². The predicted molar refractivity (Wildman–Crippen MR) is 95.0 cm³/mol. The van der Waals surface area contributed by atoms with Crippen LogP contribution in [0.15, 0.2) is 24.3 Å². The zero-order valence-electron chi connectivity index (χ0n) is 13.0. The van der Waals surface area contributed by atoms with Crippen molar-refractivity contribution >= 4 is 22.6 Å². The Morgan fingerprint density at radius 3 is 2.50 bits per heavy atom. The van der Waals surface area contributed by atoms with Gasteiger partial charge in [0, 0.05) is 28.2 Å². The molecule has 3 heteroatoms. The van der Waals surface area contributed by atoms with Gasteiger partial charge < -0.3 is 5.32 Å². The molecule has 1 N–H and O–H groups in total. The molecule has 112 valence electrons. The lowest BCUT2D eigenvalue weighted by atomic mass is 9.92. The smallest absolute Gasteiger partial charge is 0.0303 e. The highest BCUT2D eigenvalue weighted by molar-refractivity contribution is 14.1. The van der Waals surface area contributed by atoms with Gasteiger partial charge in [0.15, 0.2) is 0 Å². The number of benzene rings is 1. The molecule has 2 nitrogen and oxygen atoms in total. The third-order valence-corrected chi connectivity index (χ3v) is 5.56. The summed E-state index contributed by atoms with van der Waals surface area (Å²) in [5.74, 6) is 0. The fraction of sp³-hybridized carbons (Fsp3) is 0.647. The predicted octanol–water partition coefficient (Wildman–Crippen LogP) is 4.03. The van der Waals surface area contributed by atoms with E-state index in [1.807, 2.05) is 0 Å². The first-order chi connectivity index (χ1) is 9.58. The van der Waals surface area contributed by atoms with Gasteiger partial charge in [0.25, 0.3) is 0 Å². The van der Waals surface area contributed by atoms with E-state index in [4.69, 9.17) is 0 Å². The topological polar surface area (TPSA) is 15.3 Å². The van der Waals surface area contributed by atoms with Gasteiger partial charge in [0.05, 0.1) is 0 Å². The lowest BCUT2D eigenvalue weighted by Gasteiger charge is -2.37. The summed E-state index contributed by atoms with van der Waals surface area (Å²) in [7, 11) is 0. The van der Waals surface area contributed by atoms with Gasteiger partial charge in [-0.2, -0.15) is 0 Å². The highest BCUT2D eigenvalue weighted by Crippen LogP contribution is 2.24. The van der Waals surface area contributed by atoms with Gasteiger partial charge >= 0.3 is 0 Å². The summed E-state index contributed by atoms with van der Waals surface area (Å²) in [6.07, 6.45) is 3.66. The summed E-state index contributed by atoms with van der Waals surface area (Å²) in [4.78, 5) is 2.66. The van der Waals surface area contributed by atoms with E-state index in [9.17, 15) is 0 Å². The number of halogens is 1. The maximum atomic E-state index is 3.81. The van der Waals surface area contributed by atoms with E-state index in [-0.39, 0.29) is 0 Å². The van der Waals surface area contributed by atoms with E-state index >= 15 is 0 Å². The molecule has 1 aromatic carbocycles. The maximum absolute atomic E-state index is 3.81. The van der Waals surface area contributed by atoms with Crippen molar-refractivity contribution in [1.82, 2.24) is 10.2 Å². The van der Waals surface area contributed by atoms with Crippen LogP contribution in [0, 0.1) is 3.57 Å². The number of hydrogen-bond donors (Lipinski definition) is 1. The zero-order chi connectivity index (χ0) is 14.6. The largest absolute Gasteiger partial charge is 0.310 e. The molecule has 1 unspecified atom stereocenters. The van der Waals surface area contributed by atoms with Crippen molar-refractivity contribution in [2.24, 2.45) is 0 Å². The lowest BCUT2D eigenvalue weighted by molar-refractivity contribution is 0.152. The number of nitrogens with one attached hydrogen (secondary N) is 1. The second kappa shape index (κ2) is 7.23. The Kier molecular flexibility index (Phi) is 5.87. The summed E-state index contributed by atoms with van der Waals surface area (Å²) >= 11 is 2.37. The average molecular weight is 386 g/mol. The van der Waals surface area contributed by atoms with Crippen LogP contribution in [0.3, 0.4) is 0 Å². The van der Waals surface area contributed by atoms with E-state index in [1.54, 1.807) is 0 Å². The molecule has 1 aliphatic heterocycles. The van der Waals surface area contributed by atoms with Crippen molar-refractivity contribution in [3.05, 3.63) is 33.4 Å². The quantitative estimate of drug-likeness (QED) is 0.786. The summed E-state index contributed by atoms with van der Waals surface area (Å²) in [5, 5.41) is 3.81. The Hall–Kier alpha value is -0.130. The summed E-state index contributed by atoms with van der Waals surface area (Å²) in [6.45, 7) is 10.4. The average Bonchev–Trinajstić information content (AvgIpc) is 2.62. The Morgan fingerprint density at radius 1 is 1.25 bits per heavy atom. The molecule has 1 atom stereocenters. The Morgan fingerprint density at radius 2 is 1.90 bits per heavy atom. The SMILES string of the molecule is CCC1(CC)CN(Cc2ccc(I)cc2)C(C)CCN1. The highest BCUT2D eigenvalue weighted by atomic mass is 127. The maximum Gasteiger partial charge on any atom is 0.0303 e. The van der Waals surface area contributed by atoms with Gasteiger partial charge in [-0.25, -0.2) is 0 Å². The minimum absolute atomic E-state index is 0.300. The van der Waals surface area contributed by atoms with Crippen LogP contribution in [0.1, 0.15) is 45.6 Å². The molecular formula is C17H27IN2. The van der Waals surface area contributed by atoms with E-state index in [0.29, 0.717) is 11.6 Å². The minimum atomic E-state index is 0.300. The summed E-state index contributed by atoms with van der Waals surface area (Å²) in [6, 6.07) is 9.62. The van der Waals surface area contributed by atoms with E-state index in [2.05, 4.69) is 77.8 Å².